The monoisotopic (exact) mass is 1040 g/mol. The zero-order chi connectivity index (χ0) is 49.4. The van der Waals surface area contributed by atoms with Crippen LogP contribution >= 0.6 is 34.4 Å². The van der Waals surface area contributed by atoms with Gasteiger partial charge in [-0.2, -0.15) is 18.7 Å². The average Bonchev–Trinajstić information content (AvgIpc) is 4.20. The summed E-state index contributed by atoms with van der Waals surface area (Å²) in [5, 5.41) is 18.4. The number of rotatable bonds is 14. The molecule has 0 amide bonds. The minimum Gasteiger partial charge on any atom is -0.466 e. The third-order valence-corrected chi connectivity index (χ3v) is 15.5. The number of sulfone groups is 1. The zero-order valence-corrected chi connectivity index (χ0v) is 43.0. The molecule has 2 aliphatic rings. The van der Waals surface area contributed by atoms with Gasteiger partial charge in [-0.15, -0.1) is 22.0 Å². The molecule has 2 atom stereocenters. The maximum Gasteiger partial charge on any atom is 0.324 e. The third-order valence-electron chi connectivity index (χ3n) is 12.3. The molecule has 0 bridgehead atoms. The van der Waals surface area contributed by atoms with Gasteiger partial charge in [0.05, 0.1) is 39.9 Å². The van der Waals surface area contributed by atoms with Crippen molar-refractivity contribution in [1.29, 1.82) is 0 Å². The Hall–Kier alpha value is -5.86. The summed E-state index contributed by atoms with van der Waals surface area (Å²) >= 11 is 4.00. The van der Waals surface area contributed by atoms with Crippen molar-refractivity contribution in [2.75, 3.05) is 48.5 Å². The normalized spacial score (nSPS) is 16.1. The number of thioether (sulfide) groups is 1. The number of halogens is 2. The number of pyridine rings is 2. The van der Waals surface area contributed by atoms with E-state index in [-0.39, 0.29) is 34.6 Å². The molecule has 10 heterocycles. The van der Waals surface area contributed by atoms with E-state index in [1.54, 1.807) is 29.0 Å². The molecule has 20 nitrogen and oxygen atoms in total. The van der Waals surface area contributed by atoms with Crippen molar-refractivity contribution >= 4 is 66.2 Å². The van der Waals surface area contributed by atoms with E-state index in [9.17, 15) is 17.2 Å². The predicted molar refractivity (Wildman–Crippen MR) is 260 cm³/mol. The fraction of sp³-hybridized carbons (Fsp3) is 0.500. The first kappa shape index (κ1) is 49.1. The largest absolute Gasteiger partial charge is 0.466 e. The van der Waals surface area contributed by atoms with Crippen LogP contribution in [0.5, 0.6) is 10.4 Å². The molecule has 70 heavy (non-hydrogen) atoms. The van der Waals surface area contributed by atoms with Crippen LogP contribution in [-0.4, -0.2) is 119 Å². The highest BCUT2D eigenvalue weighted by Gasteiger charge is 2.31. The number of fused-ring (bicyclic) bond motifs is 2. The lowest BCUT2D eigenvalue weighted by Gasteiger charge is -2.33. The second-order valence-corrected chi connectivity index (χ2v) is 22.5. The van der Waals surface area contributed by atoms with Crippen molar-refractivity contribution in [2.24, 2.45) is 11.8 Å². The van der Waals surface area contributed by atoms with E-state index in [1.165, 1.54) is 51.1 Å². The minimum atomic E-state index is -3.60. The number of nitrogens with zero attached hydrogens (tertiary/aromatic N) is 14. The Bertz CT molecular complexity index is 3130. The first-order valence-corrected chi connectivity index (χ1v) is 27.5. The topological polar surface area (TPSA) is 223 Å². The Kier molecular flexibility index (Phi) is 14.4. The molecule has 2 aliphatic heterocycles. The molecular weight excluding hydrogens is 987 g/mol. The first-order chi connectivity index (χ1) is 33.5. The van der Waals surface area contributed by atoms with Gasteiger partial charge in [0, 0.05) is 44.3 Å². The van der Waals surface area contributed by atoms with Crippen molar-refractivity contribution < 1.29 is 35.7 Å². The summed E-state index contributed by atoms with van der Waals surface area (Å²) in [6.07, 6.45) is 9.83. The van der Waals surface area contributed by atoms with Crippen molar-refractivity contribution in [3.05, 3.63) is 60.2 Å². The van der Waals surface area contributed by atoms with Crippen molar-refractivity contribution in [2.45, 2.75) is 101 Å². The van der Waals surface area contributed by atoms with Crippen LogP contribution in [0, 0.1) is 23.7 Å². The van der Waals surface area contributed by atoms with Gasteiger partial charge in [0.2, 0.25) is 21.8 Å². The van der Waals surface area contributed by atoms with Crippen LogP contribution in [0.4, 0.5) is 20.8 Å². The predicted octanol–water partition coefficient (Wildman–Crippen LogP) is 8.49. The van der Waals surface area contributed by atoms with Crippen LogP contribution in [0.3, 0.4) is 0 Å². The fourth-order valence-corrected chi connectivity index (χ4v) is 10.6. The minimum absolute atomic E-state index is 0.00659. The van der Waals surface area contributed by atoms with E-state index < -0.39 is 21.7 Å². The highest BCUT2D eigenvalue weighted by Crippen LogP contribution is 2.34. The lowest BCUT2D eigenvalue weighted by atomic mass is 9.92. The molecule has 8 aromatic rings. The first-order valence-electron chi connectivity index (χ1n) is 22.8. The lowest BCUT2D eigenvalue weighted by molar-refractivity contribution is 0.130. The van der Waals surface area contributed by atoms with Gasteiger partial charge in [-0.05, 0) is 105 Å². The standard InChI is InChI=1S/C22H26FN7O4S2.C22H26FN7O2S2/c1-12(2)19-26-20(34-28-19)29-9-7-14(8-10-29)13(3)33-22-27-30-11-16(24-21(30)35-22)15-5-6-17(25-18(15)23)36(4,31)32;1-12(2)19-26-20(32-28-19)29-9-7-14(8-10-29)13(3)31-22-27-30-11-16(24-21(30)34-22)15-5-6-17(33-4)25-18(15)23/h5-6,11-14H,7-10H2,1-4H3;5-6,11-14H,7-10H2,1-4H3/t2*13-/m11/s1. The summed E-state index contributed by atoms with van der Waals surface area (Å²) < 4.78 is 78.3. The number of hydrogen-bond acceptors (Lipinski definition) is 21. The molecular formula is C44H52F2N14O6S4. The summed E-state index contributed by atoms with van der Waals surface area (Å²) in [5.74, 6) is 1.22. The van der Waals surface area contributed by atoms with Crippen LogP contribution in [0.25, 0.3) is 32.4 Å². The van der Waals surface area contributed by atoms with Gasteiger partial charge in [-0.3, -0.25) is 0 Å². The smallest absolute Gasteiger partial charge is 0.324 e. The number of aromatic nitrogens is 12. The summed E-state index contributed by atoms with van der Waals surface area (Å²) in [6.45, 7) is 15.6. The van der Waals surface area contributed by atoms with Gasteiger partial charge < -0.3 is 28.3 Å². The summed E-state index contributed by atoms with van der Waals surface area (Å²) in [7, 11) is -3.60. The van der Waals surface area contributed by atoms with Crippen LogP contribution in [-0.2, 0) is 9.84 Å². The zero-order valence-electron chi connectivity index (χ0n) is 39.7. The van der Waals surface area contributed by atoms with Crippen molar-refractivity contribution in [3.8, 4) is 32.9 Å². The van der Waals surface area contributed by atoms with Gasteiger partial charge >= 0.3 is 12.0 Å². The van der Waals surface area contributed by atoms with Gasteiger partial charge in [0.15, 0.2) is 26.5 Å². The van der Waals surface area contributed by atoms with E-state index >= 15 is 0 Å². The Labute approximate surface area is 414 Å². The maximum absolute atomic E-state index is 14.4. The van der Waals surface area contributed by atoms with Crippen molar-refractivity contribution in [1.82, 2.24) is 59.4 Å². The van der Waals surface area contributed by atoms with Crippen LogP contribution in [0.15, 0.2) is 55.8 Å². The van der Waals surface area contributed by atoms with Gasteiger partial charge in [0.1, 0.15) is 12.2 Å². The molecule has 26 heteroatoms. The Morgan fingerprint density at radius 3 is 1.47 bits per heavy atom. The highest BCUT2D eigenvalue weighted by molar-refractivity contribution is 7.98. The van der Waals surface area contributed by atoms with E-state index in [0.717, 1.165) is 63.9 Å². The molecule has 0 spiro atoms. The molecule has 0 unspecified atom stereocenters. The molecule has 10 rings (SSSR count). The number of ether oxygens (including phenoxy) is 2. The van der Waals surface area contributed by atoms with Crippen LogP contribution in [0.2, 0.25) is 0 Å². The van der Waals surface area contributed by atoms with Crippen molar-refractivity contribution in [3.63, 3.8) is 0 Å². The Morgan fingerprint density at radius 2 is 1.10 bits per heavy atom. The second kappa shape index (κ2) is 20.5. The second-order valence-electron chi connectivity index (χ2n) is 17.9. The Morgan fingerprint density at radius 1 is 0.657 bits per heavy atom. The van der Waals surface area contributed by atoms with E-state index in [2.05, 4.69) is 81.0 Å². The fourth-order valence-electron chi connectivity index (χ4n) is 8.07. The molecule has 8 aromatic heterocycles. The van der Waals surface area contributed by atoms with E-state index in [1.807, 2.05) is 27.0 Å². The lowest BCUT2D eigenvalue weighted by Crippen LogP contribution is -2.38. The molecule has 372 valence electrons. The summed E-state index contributed by atoms with van der Waals surface area (Å²) in [6, 6.07) is 7.27. The average molecular weight is 1040 g/mol. The highest BCUT2D eigenvalue weighted by atomic mass is 32.2. The molecule has 2 fully saturated rings. The number of hydrogen-bond donors (Lipinski definition) is 0. The number of piperidine rings is 2. The summed E-state index contributed by atoms with van der Waals surface area (Å²) in [4.78, 5) is 30.9. The SMILES string of the molecule is CC(C)c1noc(N2CCC([C@@H](C)Oc3nn4cc(-c5ccc(S(C)(=O)=O)nc5F)nc4s3)CC2)n1.CSc1ccc(-c2cn3nc(O[C@H](C)C4CCN(c5nc(C(C)C)no5)CC4)sc3n2)c(F)n1. The molecule has 0 aromatic carbocycles. The van der Waals surface area contributed by atoms with Crippen LogP contribution < -0.4 is 19.3 Å². The third kappa shape index (κ3) is 10.9. The van der Waals surface area contributed by atoms with Gasteiger partial charge in [-0.1, -0.05) is 38.0 Å². The Balaban J connectivity index is 0.000000174. The molecule has 0 N–H and O–H groups in total. The molecule has 2 saturated heterocycles. The quantitative estimate of drug-likeness (QED) is 0.0735. The van der Waals surface area contributed by atoms with Gasteiger partial charge in [0.25, 0.3) is 10.4 Å². The van der Waals surface area contributed by atoms with Crippen LogP contribution in [0.1, 0.15) is 90.7 Å². The number of imidazole rings is 2. The molecule has 0 radical (unpaired) electrons. The molecule has 0 saturated carbocycles. The van der Waals surface area contributed by atoms with E-state index in [4.69, 9.17) is 18.5 Å². The van der Waals surface area contributed by atoms with E-state index in [0.29, 0.717) is 72.0 Å². The molecule has 0 aliphatic carbocycles. The summed E-state index contributed by atoms with van der Waals surface area (Å²) in [5.41, 5.74) is 1.28. The maximum atomic E-state index is 14.4. The van der Waals surface area contributed by atoms with Gasteiger partial charge in [-0.25, -0.2) is 37.4 Å². The number of anilines is 2.